The third-order valence-electron chi connectivity index (χ3n) is 3.14. The van der Waals surface area contributed by atoms with Crippen molar-refractivity contribution in [1.29, 1.82) is 0 Å². The number of aliphatic carboxylic acids is 1. The van der Waals surface area contributed by atoms with Crippen molar-refractivity contribution in [3.05, 3.63) is 11.7 Å². The van der Waals surface area contributed by atoms with Gasteiger partial charge in [-0.2, -0.15) is 4.98 Å². The predicted octanol–water partition coefficient (Wildman–Crippen LogP) is 0.495. The van der Waals surface area contributed by atoms with Gasteiger partial charge in [-0.05, 0) is 26.2 Å². The van der Waals surface area contributed by atoms with Gasteiger partial charge in [0.1, 0.15) is 0 Å². The van der Waals surface area contributed by atoms with Crippen LogP contribution in [-0.4, -0.2) is 27.1 Å². The molecule has 1 saturated carbocycles. The summed E-state index contributed by atoms with van der Waals surface area (Å²) in [6.45, 7) is 1.89. The van der Waals surface area contributed by atoms with Crippen molar-refractivity contribution < 1.29 is 19.2 Å². The Morgan fingerprint density at radius 1 is 1.44 bits per heavy atom. The number of carboxylic acid groups (broad SMARTS) is 1. The number of nitrogens with zero attached hydrogens (tertiary/aromatic N) is 2. The maximum Gasteiger partial charge on any atom is 0.306 e. The molecule has 1 amide bonds. The SMILES string of the molecule is Cc1noc(CNC(=O)[C@@H]2CC[C@H](C(=O)O)C2)n1. The molecule has 0 bridgehead atoms. The highest BCUT2D eigenvalue weighted by Gasteiger charge is 2.33. The molecule has 1 aromatic heterocycles. The fraction of sp³-hybridized carbons (Fsp3) is 0.636. The summed E-state index contributed by atoms with van der Waals surface area (Å²) in [6.07, 6.45) is 1.59. The summed E-state index contributed by atoms with van der Waals surface area (Å²) in [4.78, 5) is 26.6. The maximum atomic E-state index is 11.8. The smallest absolute Gasteiger partial charge is 0.306 e. The van der Waals surface area contributed by atoms with Crippen LogP contribution < -0.4 is 5.32 Å². The first kappa shape index (κ1) is 12.5. The molecule has 7 heteroatoms. The molecule has 0 spiro atoms. The van der Waals surface area contributed by atoms with Crippen LogP contribution in [0.25, 0.3) is 0 Å². The Hall–Kier alpha value is -1.92. The van der Waals surface area contributed by atoms with Crippen molar-refractivity contribution in [2.45, 2.75) is 32.7 Å². The Kier molecular flexibility index (Phi) is 3.59. The highest BCUT2D eigenvalue weighted by atomic mass is 16.5. The van der Waals surface area contributed by atoms with Crippen molar-refractivity contribution in [1.82, 2.24) is 15.5 Å². The predicted molar refractivity (Wildman–Crippen MR) is 59.3 cm³/mol. The molecular weight excluding hydrogens is 238 g/mol. The third kappa shape index (κ3) is 2.85. The van der Waals surface area contributed by atoms with E-state index in [4.69, 9.17) is 9.63 Å². The molecule has 0 saturated heterocycles. The molecular formula is C11H15N3O4. The number of carboxylic acids is 1. The molecule has 1 aliphatic rings. The van der Waals surface area contributed by atoms with Gasteiger partial charge >= 0.3 is 5.97 Å². The molecule has 1 aromatic rings. The number of hydrogen-bond donors (Lipinski definition) is 2. The van der Waals surface area contributed by atoms with Crippen LogP contribution in [0.4, 0.5) is 0 Å². The molecule has 1 heterocycles. The number of carbonyl (C=O) groups excluding carboxylic acids is 1. The lowest BCUT2D eigenvalue weighted by Gasteiger charge is -2.08. The van der Waals surface area contributed by atoms with Crippen LogP contribution in [-0.2, 0) is 16.1 Å². The fourth-order valence-electron chi connectivity index (χ4n) is 2.16. The lowest BCUT2D eigenvalue weighted by molar-refractivity contribution is -0.141. The minimum absolute atomic E-state index is 0.144. The van der Waals surface area contributed by atoms with Gasteiger partial charge in [-0.15, -0.1) is 0 Å². The number of hydrogen-bond acceptors (Lipinski definition) is 5. The van der Waals surface area contributed by atoms with Gasteiger partial charge in [0.15, 0.2) is 5.82 Å². The number of carbonyl (C=O) groups is 2. The van der Waals surface area contributed by atoms with Gasteiger partial charge in [0, 0.05) is 5.92 Å². The van der Waals surface area contributed by atoms with Crippen LogP contribution in [0.1, 0.15) is 31.0 Å². The van der Waals surface area contributed by atoms with E-state index in [1.54, 1.807) is 6.92 Å². The first-order chi connectivity index (χ1) is 8.56. The molecule has 18 heavy (non-hydrogen) atoms. The summed E-state index contributed by atoms with van der Waals surface area (Å²) in [6, 6.07) is 0. The van der Waals surface area contributed by atoms with Crippen LogP contribution in [0.5, 0.6) is 0 Å². The molecule has 0 aromatic carbocycles. The minimum Gasteiger partial charge on any atom is -0.481 e. The largest absolute Gasteiger partial charge is 0.481 e. The van der Waals surface area contributed by atoms with Gasteiger partial charge in [-0.1, -0.05) is 5.16 Å². The Morgan fingerprint density at radius 2 is 2.17 bits per heavy atom. The lowest BCUT2D eigenvalue weighted by Crippen LogP contribution is -2.29. The van der Waals surface area contributed by atoms with E-state index in [1.807, 2.05) is 0 Å². The third-order valence-corrected chi connectivity index (χ3v) is 3.14. The van der Waals surface area contributed by atoms with Crippen molar-refractivity contribution in [2.24, 2.45) is 11.8 Å². The standard InChI is InChI=1S/C11H15N3O4/c1-6-13-9(18-14-6)5-12-10(15)7-2-3-8(4-7)11(16)17/h7-8H,2-5H2,1H3,(H,12,15)(H,16,17)/t7-,8+/m1/s1. The van der Waals surface area contributed by atoms with Crippen LogP contribution in [0.3, 0.4) is 0 Å². The van der Waals surface area contributed by atoms with Gasteiger partial charge < -0.3 is 14.9 Å². The molecule has 1 fully saturated rings. The van der Waals surface area contributed by atoms with Gasteiger partial charge in [0.2, 0.25) is 11.8 Å². The second-order valence-corrected chi connectivity index (χ2v) is 4.50. The monoisotopic (exact) mass is 253 g/mol. The van der Waals surface area contributed by atoms with E-state index < -0.39 is 11.9 Å². The molecule has 0 aliphatic heterocycles. The summed E-state index contributed by atoms with van der Waals surface area (Å²) in [5.74, 6) is -0.714. The average molecular weight is 253 g/mol. The summed E-state index contributed by atoms with van der Waals surface area (Å²) in [5.41, 5.74) is 0. The van der Waals surface area contributed by atoms with Gasteiger partial charge in [-0.25, -0.2) is 0 Å². The van der Waals surface area contributed by atoms with Crippen molar-refractivity contribution in [2.75, 3.05) is 0 Å². The van der Waals surface area contributed by atoms with E-state index in [0.717, 1.165) is 0 Å². The van der Waals surface area contributed by atoms with Crippen molar-refractivity contribution in [3.8, 4) is 0 Å². The molecule has 0 unspecified atom stereocenters. The van der Waals surface area contributed by atoms with E-state index >= 15 is 0 Å². The summed E-state index contributed by atoms with van der Waals surface area (Å²) < 4.78 is 4.87. The summed E-state index contributed by atoms with van der Waals surface area (Å²) in [7, 11) is 0. The molecule has 2 N–H and O–H groups in total. The van der Waals surface area contributed by atoms with E-state index in [0.29, 0.717) is 31.0 Å². The quantitative estimate of drug-likeness (QED) is 0.809. The highest BCUT2D eigenvalue weighted by Crippen LogP contribution is 2.31. The van der Waals surface area contributed by atoms with E-state index in [9.17, 15) is 9.59 Å². The van der Waals surface area contributed by atoms with Gasteiger partial charge in [0.25, 0.3) is 0 Å². The second kappa shape index (κ2) is 5.16. The van der Waals surface area contributed by atoms with Crippen LogP contribution >= 0.6 is 0 Å². The molecule has 7 nitrogen and oxygen atoms in total. The van der Waals surface area contributed by atoms with E-state index in [1.165, 1.54) is 0 Å². The van der Waals surface area contributed by atoms with E-state index in [2.05, 4.69) is 15.5 Å². The first-order valence-electron chi connectivity index (χ1n) is 5.86. The number of amides is 1. The zero-order valence-electron chi connectivity index (χ0n) is 10.0. The normalized spacial score (nSPS) is 22.9. The summed E-state index contributed by atoms with van der Waals surface area (Å²) in [5, 5.41) is 15.2. The molecule has 98 valence electrons. The zero-order chi connectivity index (χ0) is 13.1. The maximum absolute atomic E-state index is 11.8. The van der Waals surface area contributed by atoms with Crippen LogP contribution in [0, 0.1) is 18.8 Å². The average Bonchev–Trinajstić information content (AvgIpc) is 2.94. The Balaban J connectivity index is 1.80. The van der Waals surface area contributed by atoms with E-state index in [-0.39, 0.29) is 18.4 Å². The van der Waals surface area contributed by atoms with Crippen molar-refractivity contribution >= 4 is 11.9 Å². The Bertz CT molecular complexity index is 457. The molecule has 2 atom stereocenters. The second-order valence-electron chi connectivity index (χ2n) is 4.50. The lowest BCUT2D eigenvalue weighted by atomic mass is 10.0. The van der Waals surface area contributed by atoms with Crippen molar-refractivity contribution in [3.63, 3.8) is 0 Å². The number of aryl methyl sites for hydroxylation is 1. The minimum atomic E-state index is -0.821. The Labute approximate surface area is 104 Å². The molecule has 2 rings (SSSR count). The van der Waals surface area contributed by atoms with Crippen LogP contribution in [0.2, 0.25) is 0 Å². The number of aromatic nitrogens is 2. The highest BCUT2D eigenvalue weighted by molar-refractivity contribution is 5.80. The molecule has 0 radical (unpaired) electrons. The first-order valence-corrected chi connectivity index (χ1v) is 5.86. The zero-order valence-corrected chi connectivity index (χ0v) is 10.0. The van der Waals surface area contributed by atoms with Crippen LogP contribution in [0.15, 0.2) is 4.52 Å². The van der Waals surface area contributed by atoms with Gasteiger partial charge in [0.05, 0.1) is 12.5 Å². The van der Waals surface area contributed by atoms with Gasteiger partial charge in [-0.3, -0.25) is 9.59 Å². The fourth-order valence-corrected chi connectivity index (χ4v) is 2.16. The molecule has 1 aliphatic carbocycles. The number of nitrogens with one attached hydrogen (secondary N) is 1. The summed E-state index contributed by atoms with van der Waals surface area (Å²) >= 11 is 0. The number of rotatable bonds is 4. The Morgan fingerprint density at radius 3 is 2.72 bits per heavy atom. The topological polar surface area (TPSA) is 105 Å².